The zero-order valence-electron chi connectivity index (χ0n) is 19.0. The molecule has 4 N–H and O–H groups in total. The maximum atomic E-state index is 13.7. The van der Waals surface area contributed by atoms with E-state index in [4.69, 9.17) is 4.74 Å². The number of hydrogen-bond acceptors (Lipinski definition) is 4. The summed E-state index contributed by atoms with van der Waals surface area (Å²) in [4.78, 5) is 28.1. The van der Waals surface area contributed by atoms with E-state index in [2.05, 4.69) is 26.3 Å². The summed E-state index contributed by atoms with van der Waals surface area (Å²) in [5.74, 6) is -4.97. The monoisotopic (exact) mass is 573 g/mol. The van der Waals surface area contributed by atoms with Gasteiger partial charge in [-0.1, -0.05) is 0 Å². The van der Waals surface area contributed by atoms with Gasteiger partial charge in [0.15, 0.2) is 23.4 Å². The largest absolute Gasteiger partial charge is 0.444 e. The van der Waals surface area contributed by atoms with Crippen LogP contribution >= 0.6 is 24.0 Å². The molecule has 0 aliphatic carbocycles. The average molecular weight is 573 g/mol. The summed E-state index contributed by atoms with van der Waals surface area (Å²) >= 11 is 0. The normalized spacial score (nSPS) is 11.8. The van der Waals surface area contributed by atoms with Crippen LogP contribution in [0.2, 0.25) is 0 Å². The predicted molar refractivity (Wildman–Crippen MR) is 128 cm³/mol. The van der Waals surface area contributed by atoms with Crippen molar-refractivity contribution < 1.29 is 27.5 Å². The number of benzene rings is 1. The highest BCUT2D eigenvalue weighted by molar-refractivity contribution is 14.0. The van der Waals surface area contributed by atoms with Crippen molar-refractivity contribution >= 4 is 47.6 Å². The van der Waals surface area contributed by atoms with Gasteiger partial charge in [0.2, 0.25) is 5.91 Å². The fraction of sp³-hybridized carbons (Fsp3) is 0.550. The number of guanidine groups is 1. The minimum Gasteiger partial charge on any atom is -0.444 e. The number of hydrogen-bond donors (Lipinski definition) is 4. The first-order valence-corrected chi connectivity index (χ1v) is 9.71. The first-order valence-electron chi connectivity index (χ1n) is 9.71. The number of aliphatic imine (C=N–C) groups is 1. The molecule has 0 unspecified atom stereocenters. The van der Waals surface area contributed by atoms with Gasteiger partial charge in [0.05, 0.1) is 11.2 Å². The Hall–Kier alpha value is -2.25. The zero-order valence-corrected chi connectivity index (χ0v) is 21.3. The zero-order chi connectivity index (χ0) is 23.8. The molecular formula is C20H31F3IN5O3. The second kappa shape index (κ2) is 12.7. The van der Waals surface area contributed by atoms with Gasteiger partial charge in [-0.15, -0.1) is 24.0 Å². The van der Waals surface area contributed by atoms with Gasteiger partial charge in [-0.3, -0.25) is 4.79 Å². The van der Waals surface area contributed by atoms with E-state index in [0.717, 1.165) is 6.07 Å². The number of rotatable bonds is 7. The number of amides is 2. The van der Waals surface area contributed by atoms with E-state index in [9.17, 15) is 22.8 Å². The van der Waals surface area contributed by atoms with Crippen LogP contribution in [0, 0.1) is 17.5 Å². The van der Waals surface area contributed by atoms with Gasteiger partial charge < -0.3 is 26.0 Å². The van der Waals surface area contributed by atoms with Crippen molar-refractivity contribution in [1.82, 2.24) is 16.0 Å². The molecule has 1 aromatic rings. The number of ether oxygens (including phenoxy) is 1. The molecule has 0 bridgehead atoms. The van der Waals surface area contributed by atoms with Crippen molar-refractivity contribution in [2.45, 2.75) is 52.7 Å². The Morgan fingerprint density at radius 3 is 2.22 bits per heavy atom. The minimum atomic E-state index is -1.67. The van der Waals surface area contributed by atoms with Crippen LogP contribution < -0.4 is 21.3 Å². The van der Waals surface area contributed by atoms with Crippen molar-refractivity contribution in [2.24, 2.45) is 4.99 Å². The third kappa shape index (κ3) is 10.9. The summed E-state index contributed by atoms with van der Waals surface area (Å²) in [6.45, 7) is 11.0. The number of halogens is 4. The third-order valence-corrected chi connectivity index (χ3v) is 3.57. The third-order valence-electron chi connectivity index (χ3n) is 3.57. The van der Waals surface area contributed by atoms with Crippen molar-refractivity contribution in [3.63, 3.8) is 0 Å². The maximum absolute atomic E-state index is 13.7. The summed E-state index contributed by atoms with van der Waals surface area (Å²) < 4.78 is 45.1. The molecule has 0 atom stereocenters. The van der Waals surface area contributed by atoms with E-state index in [-0.39, 0.29) is 36.5 Å². The Morgan fingerprint density at radius 2 is 1.66 bits per heavy atom. The molecule has 32 heavy (non-hydrogen) atoms. The second-order valence-electron chi connectivity index (χ2n) is 8.33. The molecule has 1 rings (SSSR count). The second-order valence-corrected chi connectivity index (χ2v) is 8.33. The fourth-order valence-corrected chi connectivity index (χ4v) is 2.23. The summed E-state index contributed by atoms with van der Waals surface area (Å²) in [7, 11) is 0. The Balaban J connectivity index is 0.00000961. The number of carbonyl (C=O) groups is 2. The Morgan fingerprint density at radius 1 is 1.03 bits per heavy atom. The molecular weight excluding hydrogens is 542 g/mol. The quantitative estimate of drug-likeness (QED) is 0.173. The van der Waals surface area contributed by atoms with Gasteiger partial charge in [-0.05, 0) is 53.7 Å². The summed E-state index contributed by atoms with van der Waals surface area (Å²) in [5, 5.41) is 10.8. The molecule has 0 spiro atoms. The molecule has 0 saturated carbocycles. The Labute approximate surface area is 203 Å². The average Bonchev–Trinajstić information content (AvgIpc) is 2.62. The topological polar surface area (TPSA) is 104 Å². The lowest BCUT2D eigenvalue weighted by Gasteiger charge is -2.29. The SMILES string of the molecule is CCNC(=NCC(=O)Nc1ccc(F)c(F)c1F)NCC(C)(C)NC(=O)OC(C)(C)C.I. The lowest BCUT2D eigenvalue weighted by Crippen LogP contribution is -2.54. The molecule has 0 heterocycles. The van der Waals surface area contributed by atoms with Crippen LogP contribution in [0.5, 0.6) is 0 Å². The molecule has 0 aromatic heterocycles. The minimum absolute atomic E-state index is 0. The lowest BCUT2D eigenvalue weighted by molar-refractivity contribution is -0.114. The standard InChI is InChI=1S/C20H30F3N5O3.HI/c1-7-24-17(26-11-20(5,6)28-18(30)31-19(2,3)4)25-10-14(29)27-13-9-8-12(21)15(22)16(13)23;/h8-9H,7,10-11H2,1-6H3,(H,27,29)(H,28,30)(H2,24,25,26);1H. The van der Waals surface area contributed by atoms with E-state index >= 15 is 0 Å². The van der Waals surface area contributed by atoms with Crippen LogP contribution in [0.15, 0.2) is 17.1 Å². The van der Waals surface area contributed by atoms with Crippen LogP contribution in [-0.2, 0) is 9.53 Å². The Kier molecular flexibility index (Phi) is 11.8. The molecule has 0 saturated heterocycles. The highest BCUT2D eigenvalue weighted by Gasteiger charge is 2.25. The first-order chi connectivity index (χ1) is 14.2. The number of carbonyl (C=O) groups excluding carboxylic acids is 2. The van der Waals surface area contributed by atoms with E-state index in [0.29, 0.717) is 12.6 Å². The van der Waals surface area contributed by atoms with Crippen LogP contribution in [0.3, 0.4) is 0 Å². The van der Waals surface area contributed by atoms with Crippen LogP contribution in [-0.4, -0.2) is 48.7 Å². The molecule has 0 fully saturated rings. The molecule has 1 aromatic carbocycles. The van der Waals surface area contributed by atoms with Crippen molar-refractivity contribution in [3.05, 3.63) is 29.6 Å². The van der Waals surface area contributed by atoms with Gasteiger partial charge >= 0.3 is 6.09 Å². The molecule has 2 amide bonds. The maximum Gasteiger partial charge on any atom is 0.408 e. The van der Waals surface area contributed by atoms with E-state index < -0.39 is 52.8 Å². The lowest BCUT2D eigenvalue weighted by atomic mass is 10.1. The fourth-order valence-electron chi connectivity index (χ4n) is 2.23. The molecule has 0 aliphatic rings. The molecule has 0 aliphatic heterocycles. The van der Waals surface area contributed by atoms with Crippen LogP contribution in [0.1, 0.15) is 41.5 Å². The predicted octanol–water partition coefficient (Wildman–Crippen LogP) is 3.52. The number of nitrogens with zero attached hydrogens (tertiary/aromatic N) is 1. The van der Waals surface area contributed by atoms with Crippen molar-refractivity contribution in [1.29, 1.82) is 0 Å². The first kappa shape index (κ1) is 29.8. The highest BCUT2D eigenvalue weighted by Crippen LogP contribution is 2.19. The van der Waals surface area contributed by atoms with Crippen LogP contribution in [0.25, 0.3) is 0 Å². The smallest absolute Gasteiger partial charge is 0.408 e. The van der Waals surface area contributed by atoms with E-state index in [1.165, 1.54) is 0 Å². The summed E-state index contributed by atoms with van der Waals surface area (Å²) in [6.07, 6.45) is -0.575. The van der Waals surface area contributed by atoms with E-state index in [1.807, 2.05) is 6.92 Å². The van der Waals surface area contributed by atoms with Gasteiger partial charge in [0.1, 0.15) is 12.1 Å². The molecule has 0 radical (unpaired) electrons. The highest BCUT2D eigenvalue weighted by atomic mass is 127. The summed E-state index contributed by atoms with van der Waals surface area (Å²) in [6, 6.07) is 1.63. The molecule has 12 heteroatoms. The van der Waals surface area contributed by atoms with Gasteiger partial charge in [-0.25, -0.2) is 23.0 Å². The van der Waals surface area contributed by atoms with E-state index in [1.54, 1.807) is 34.6 Å². The van der Waals surface area contributed by atoms with Crippen molar-refractivity contribution in [3.8, 4) is 0 Å². The molecule has 182 valence electrons. The van der Waals surface area contributed by atoms with Gasteiger partial charge in [0.25, 0.3) is 0 Å². The Bertz CT molecular complexity index is 829. The number of anilines is 1. The summed E-state index contributed by atoms with van der Waals surface area (Å²) in [5.41, 5.74) is -1.83. The van der Waals surface area contributed by atoms with Crippen molar-refractivity contribution in [2.75, 3.05) is 25.0 Å². The molecule has 8 nitrogen and oxygen atoms in total. The van der Waals surface area contributed by atoms with Gasteiger partial charge in [0, 0.05) is 13.1 Å². The number of nitrogens with one attached hydrogen (secondary N) is 4. The number of alkyl carbamates (subject to hydrolysis) is 1. The van der Waals surface area contributed by atoms with Crippen LogP contribution in [0.4, 0.5) is 23.7 Å². The van der Waals surface area contributed by atoms with Gasteiger partial charge in [-0.2, -0.15) is 0 Å².